The number of benzene rings is 2. The number of piperidine rings is 1. The van der Waals surface area contributed by atoms with E-state index < -0.39 is 6.36 Å². The highest BCUT2D eigenvalue weighted by Gasteiger charge is 2.35. The molecule has 1 saturated heterocycles. The molecule has 0 bridgehead atoms. The van der Waals surface area contributed by atoms with Crippen LogP contribution in [0.1, 0.15) is 64.0 Å². The van der Waals surface area contributed by atoms with Crippen LogP contribution in [-0.2, 0) is 6.42 Å². The number of rotatable bonds is 10. The maximum absolute atomic E-state index is 13.9. The van der Waals surface area contributed by atoms with Crippen LogP contribution in [0.3, 0.4) is 0 Å². The van der Waals surface area contributed by atoms with Crippen LogP contribution < -0.4 is 4.74 Å². The van der Waals surface area contributed by atoms with Crippen molar-refractivity contribution in [1.29, 1.82) is 0 Å². The van der Waals surface area contributed by atoms with Gasteiger partial charge in [-0.25, -0.2) is 4.79 Å². The highest BCUT2D eigenvalue weighted by atomic mass is 19.4. The van der Waals surface area contributed by atoms with Crippen molar-refractivity contribution in [3.8, 4) is 5.75 Å². The van der Waals surface area contributed by atoms with Gasteiger partial charge in [-0.15, -0.1) is 13.2 Å². The second-order valence-electron chi connectivity index (χ2n) is 9.96. The van der Waals surface area contributed by atoms with Crippen LogP contribution in [0.5, 0.6) is 5.75 Å². The number of allylic oxidation sites excluding steroid dienone is 1. The van der Waals surface area contributed by atoms with Gasteiger partial charge in [-0.2, -0.15) is 10.1 Å². The third-order valence-corrected chi connectivity index (χ3v) is 7.36. The molecule has 8 heteroatoms. The Morgan fingerprint density at radius 3 is 2.42 bits per heavy atom. The zero-order chi connectivity index (χ0) is 27.7. The van der Waals surface area contributed by atoms with Crippen molar-refractivity contribution in [3.05, 3.63) is 71.9 Å². The van der Waals surface area contributed by atoms with E-state index >= 15 is 0 Å². The van der Waals surface area contributed by atoms with E-state index in [2.05, 4.69) is 42.5 Å². The molecule has 0 N–H and O–H groups in total. The fourth-order valence-electron chi connectivity index (χ4n) is 5.04. The Hall–Kier alpha value is -3.29. The Morgan fingerprint density at radius 1 is 1.16 bits per heavy atom. The summed E-state index contributed by atoms with van der Waals surface area (Å²) in [4.78, 5) is 15.8. The van der Waals surface area contributed by atoms with Crippen molar-refractivity contribution in [2.45, 2.75) is 71.7 Å². The molecule has 2 aromatic carbocycles. The summed E-state index contributed by atoms with van der Waals surface area (Å²) >= 11 is 0. The first-order chi connectivity index (χ1) is 18.1. The summed E-state index contributed by atoms with van der Waals surface area (Å²) in [7, 11) is 0. The lowest BCUT2D eigenvalue weighted by Crippen LogP contribution is -2.52. The summed E-state index contributed by atoms with van der Waals surface area (Å²) in [6.45, 7) is 10.7. The van der Waals surface area contributed by atoms with E-state index in [0.29, 0.717) is 30.4 Å². The summed E-state index contributed by atoms with van der Waals surface area (Å²) in [6.07, 6.45) is 2.09. The fraction of sp³-hybridized carbons (Fsp3) is 0.467. The Kier molecular flexibility index (Phi) is 10.4. The Labute approximate surface area is 224 Å². The molecule has 1 aliphatic heterocycles. The summed E-state index contributed by atoms with van der Waals surface area (Å²) in [5, 5.41) is 5.33. The molecule has 38 heavy (non-hydrogen) atoms. The minimum atomic E-state index is -4.75. The molecule has 0 aromatic heterocycles. The Bertz CT molecular complexity index is 1070. The first-order valence-corrected chi connectivity index (χ1v) is 13.3. The van der Waals surface area contributed by atoms with E-state index in [9.17, 15) is 18.0 Å². The SMILES string of the molecule is C=NN(/C=C(\CCC)c1ccc(OC(F)(F)F)cc1)C(=O)N1CC(C(C)CC)CC[C@@H]1Cc1ccccc1. The van der Waals surface area contributed by atoms with Crippen LogP contribution in [0, 0.1) is 11.8 Å². The van der Waals surface area contributed by atoms with E-state index in [1.54, 1.807) is 18.3 Å². The largest absolute Gasteiger partial charge is 0.573 e. The van der Waals surface area contributed by atoms with Gasteiger partial charge in [-0.05, 0) is 66.4 Å². The van der Waals surface area contributed by atoms with Crippen molar-refractivity contribution >= 4 is 18.3 Å². The van der Waals surface area contributed by atoms with Gasteiger partial charge in [0.25, 0.3) is 0 Å². The molecule has 2 aromatic rings. The van der Waals surface area contributed by atoms with Gasteiger partial charge in [0.2, 0.25) is 0 Å². The van der Waals surface area contributed by atoms with E-state index in [1.807, 2.05) is 30.0 Å². The first-order valence-electron chi connectivity index (χ1n) is 13.3. The fourth-order valence-corrected chi connectivity index (χ4v) is 5.04. The molecule has 3 atom stereocenters. The predicted molar refractivity (Wildman–Crippen MR) is 146 cm³/mol. The number of likely N-dealkylation sites (tertiary alicyclic amines) is 1. The van der Waals surface area contributed by atoms with Crippen molar-refractivity contribution in [2.75, 3.05) is 6.54 Å². The number of halogens is 3. The van der Waals surface area contributed by atoms with Gasteiger partial charge in [0.1, 0.15) is 5.75 Å². The Balaban J connectivity index is 1.87. The van der Waals surface area contributed by atoms with E-state index in [0.717, 1.165) is 37.7 Å². The zero-order valence-electron chi connectivity index (χ0n) is 22.5. The summed E-state index contributed by atoms with van der Waals surface area (Å²) in [6, 6.07) is 15.6. The molecule has 1 fully saturated rings. The highest BCUT2D eigenvalue weighted by Crippen LogP contribution is 2.32. The monoisotopic (exact) mass is 529 g/mol. The van der Waals surface area contributed by atoms with Crippen LogP contribution >= 0.6 is 0 Å². The molecule has 206 valence electrons. The quantitative estimate of drug-likeness (QED) is 0.230. The van der Waals surface area contributed by atoms with Crippen molar-refractivity contribution in [3.63, 3.8) is 0 Å². The van der Waals surface area contributed by atoms with E-state index in [1.165, 1.54) is 22.7 Å². The van der Waals surface area contributed by atoms with Gasteiger partial charge in [0.15, 0.2) is 0 Å². The molecule has 2 amide bonds. The molecule has 1 heterocycles. The lowest BCUT2D eigenvalue weighted by atomic mass is 9.81. The van der Waals surface area contributed by atoms with Gasteiger partial charge >= 0.3 is 12.4 Å². The lowest BCUT2D eigenvalue weighted by molar-refractivity contribution is -0.274. The average Bonchev–Trinajstić information content (AvgIpc) is 2.90. The molecule has 0 spiro atoms. The van der Waals surface area contributed by atoms with Crippen LogP contribution in [0.4, 0.5) is 18.0 Å². The lowest BCUT2D eigenvalue weighted by Gasteiger charge is -2.42. The Morgan fingerprint density at radius 2 is 1.84 bits per heavy atom. The van der Waals surface area contributed by atoms with Crippen LogP contribution in [0.2, 0.25) is 0 Å². The maximum atomic E-state index is 13.9. The highest BCUT2D eigenvalue weighted by molar-refractivity contribution is 5.79. The average molecular weight is 530 g/mol. The standard InChI is InChI=1S/C30H38F3N3O2/c1-5-10-26(24-14-17-28(18-15-24)38-30(31,32)33)21-36(34-4)29(37)35-20-25(22(3)6-2)13-16-27(35)19-23-11-8-7-9-12-23/h7-9,11-12,14-15,17-18,21-22,25,27H,4-6,10,13,16,19-20H2,1-3H3/b26-21+/t22?,25?,27-/m1/s1. The van der Waals surface area contributed by atoms with E-state index in [4.69, 9.17) is 0 Å². The molecule has 0 aliphatic carbocycles. The smallest absolute Gasteiger partial charge is 0.406 e. The molecule has 0 radical (unpaired) electrons. The molecule has 0 saturated carbocycles. The number of urea groups is 1. The number of ether oxygens (including phenoxy) is 1. The van der Waals surface area contributed by atoms with Crippen molar-refractivity contribution in [1.82, 2.24) is 9.91 Å². The van der Waals surface area contributed by atoms with Gasteiger partial charge in [0, 0.05) is 25.5 Å². The van der Waals surface area contributed by atoms with E-state index in [-0.39, 0.29) is 17.8 Å². The summed E-state index contributed by atoms with van der Waals surface area (Å²) in [5.41, 5.74) is 2.65. The molecule has 1 aliphatic rings. The number of hydrogen-bond donors (Lipinski definition) is 0. The minimum Gasteiger partial charge on any atom is -0.406 e. The molecule has 5 nitrogen and oxygen atoms in total. The van der Waals surface area contributed by atoms with Gasteiger partial charge in [0.05, 0.1) is 0 Å². The van der Waals surface area contributed by atoms with Gasteiger partial charge < -0.3 is 9.64 Å². The number of hydrogen-bond acceptors (Lipinski definition) is 3. The second kappa shape index (κ2) is 13.5. The summed E-state index contributed by atoms with van der Waals surface area (Å²) in [5.74, 6) is 0.611. The molecular weight excluding hydrogens is 491 g/mol. The third kappa shape index (κ3) is 8.10. The predicted octanol–water partition coefficient (Wildman–Crippen LogP) is 8.13. The number of hydrazone groups is 1. The second-order valence-corrected chi connectivity index (χ2v) is 9.96. The third-order valence-electron chi connectivity index (χ3n) is 7.36. The number of carbonyl (C=O) groups is 1. The molecular formula is C30H38F3N3O2. The minimum absolute atomic E-state index is 0.0382. The van der Waals surface area contributed by atoms with Crippen LogP contribution in [0.15, 0.2) is 65.9 Å². The number of alkyl halides is 3. The van der Waals surface area contributed by atoms with Crippen LogP contribution in [-0.4, -0.2) is 41.6 Å². The van der Waals surface area contributed by atoms with Crippen molar-refractivity contribution < 1.29 is 22.7 Å². The molecule has 2 unspecified atom stereocenters. The first kappa shape index (κ1) is 29.3. The zero-order valence-corrected chi connectivity index (χ0v) is 22.5. The normalized spacial score (nSPS) is 19.1. The van der Waals surface area contributed by atoms with Crippen LogP contribution in [0.25, 0.3) is 5.57 Å². The summed E-state index contributed by atoms with van der Waals surface area (Å²) < 4.78 is 41.7. The maximum Gasteiger partial charge on any atom is 0.573 e. The topological polar surface area (TPSA) is 45.1 Å². The van der Waals surface area contributed by atoms with Gasteiger partial charge in [-0.3, -0.25) is 0 Å². The van der Waals surface area contributed by atoms with Gasteiger partial charge in [-0.1, -0.05) is 76.1 Å². The molecule has 3 rings (SSSR count). The number of nitrogens with zero attached hydrogens (tertiary/aromatic N) is 3. The number of amides is 2. The number of carbonyl (C=O) groups excluding carboxylic acids is 1. The van der Waals surface area contributed by atoms with Crippen molar-refractivity contribution in [2.24, 2.45) is 16.9 Å².